The molecule has 1 heterocycles. The number of aryl methyl sites for hydroxylation is 1. The van der Waals surface area contributed by atoms with Crippen LogP contribution < -0.4 is 10.1 Å². The first-order valence-electron chi connectivity index (χ1n) is 7.21. The molecule has 0 saturated carbocycles. The van der Waals surface area contributed by atoms with Gasteiger partial charge in [0.2, 0.25) is 0 Å². The molecular formula is C17H24N2O. The van der Waals surface area contributed by atoms with Gasteiger partial charge in [-0.3, -0.25) is 0 Å². The predicted molar refractivity (Wildman–Crippen MR) is 84.4 cm³/mol. The molecule has 0 spiro atoms. The van der Waals surface area contributed by atoms with Crippen LogP contribution in [0.2, 0.25) is 0 Å². The van der Waals surface area contributed by atoms with E-state index in [9.17, 15) is 0 Å². The summed E-state index contributed by atoms with van der Waals surface area (Å²) in [4.78, 5) is 0. The van der Waals surface area contributed by atoms with Crippen molar-refractivity contribution < 1.29 is 4.74 Å². The van der Waals surface area contributed by atoms with Crippen LogP contribution in [0.15, 0.2) is 30.3 Å². The third kappa shape index (κ3) is 3.16. The summed E-state index contributed by atoms with van der Waals surface area (Å²) >= 11 is 0. The molecule has 1 N–H and O–H groups in total. The van der Waals surface area contributed by atoms with E-state index >= 15 is 0 Å². The number of nitrogens with one attached hydrogen (secondary N) is 1. The van der Waals surface area contributed by atoms with Gasteiger partial charge in [-0.15, -0.1) is 0 Å². The van der Waals surface area contributed by atoms with E-state index in [0.717, 1.165) is 31.0 Å². The van der Waals surface area contributed by atoms with Gasteiger partial charge in [-0.1, -0.05) is 19.1 Å². The fourth-order valence-corrected chi connectivity index (χ4v) is 2.25. The molecule has 0 amide bonds. The minimum absolute atomic E-state index is 0.752. The Bertz CT molecular complexity index is 572. The van der Waals surface area contributed by atoms with Crippen molar-refractivity contribution in [3.8, 4) is 5.75 Å². The van der Waals surface area contributed by atoms with Gasteiger partial charge in [-0.05, 0) is 44.0 Å². The van der Waals surface area contributed by atoms with Crippen molar-refractivity contribution in [2.24, 2.45) is 7.05 Å². The van der Waals surface area contributed by atoms with E-state index < -0.39 is 0 Å². The molecule has 0 aliphatic heterocycles. The van der Waals surface area contributed by atoms with Gasteiger partial charge in [0.05, 0.1) is 12.3 Å². The van der Waals surface area contributed by atoms with Gasteiger partial charge in [0.25, 0.3) is 0 Å². The molecule has 0 saturated heterocycles. The zero-order valence-corrected chi connectivity index (χ0v) is 12.9. The molecule has 1 aromatic carbocycles. The third-order valence-electron chi connectivity index (χ3n) is 3.70. The number of para-hydroxylation sites is 2. The Hall–Kier alpha value is -1.90. The van der Waals surface area contributed by atoms with Gasteiger partial charge >= 0.3 is 0 Å². The molecule has 20 heavy (non-hydrogen) atoms. The SMILES string of the molecule is CCCOc1ccccc1NCc1cc(C)n(C)c1C. The molecule has 0 aliphatic carbocycles. The normalized spacial score (nSPS) is 10.6. The lowest BCUT2D eigenvalue weighted by Crippen LogP contribution is -2.04. The van der Waals surface area contributed by atoms with E-state index in [-0.39, 0.29) is 0 Å². The Morgan fingerprint density at radius 2 is 1.95 bits per heavy atom. The van der Waals surface area contributed by atoms with Crippen LogP contribution in [-0.4, -0.2) is 11.2 Å². The molecule has 108 valence electrons. The number of anilines is 1. The number of benzene rings is 1. The first kappa shape index (κ1) is 14.5. The van der Waals surface area contributed by atoms with Crippen LogP contribution in [0.1, 0.15) is 30.3 Å². The average Bonchev–Trinajstić information content (AvgIpc) is 2.71. The molecule has 0 radical (unpaired) electrons. The van der Waals surface area contributed by atoms with E-state index in [1.807, 2.05) is 18.2 Å². The van der Waals surface area contributed by atoms with Gasteiger partial charge in [0.1, 0.15) is 5.75 Å². The highest BCUT2D eigenvalue weighted by molar-refractivity contribution is 5.56. The minimum Gasteiger partial charge on any atom is -0.491 e. The van der Waals surface area contributed by atoms with E-state index in [4.69, 9.17) is 4.74 Å². The molecule has 2 aromatic rings. The maximum Gasteiger partial charge on any atom is 0.142 e. The molecule has 2 rings (SSSR count). The highest BCUT2D eigenvalue weighted by atomic mass is 16.5. The maximum absolute atomic E-state index is 5.77. The van der Waals surface area contributed by atoms with Crippen molar-refractivity contribution in [2.75, 3.05) is 11.9 Å². The molecule has 3 heteroatoms. The van der Waals surface area contributed by atoms with Crippen LogP contribution >= 0.6 is 0 Å². The molecular weight excluding hydrogens is 248 g/mol. The topological polar surface area (TPSA) is 26.2 Å². The molecule has 3 nitrogen and oxygen atoms in total. The Balaban J connectivity index is 2.08. The first-order chi connectivity index (χ1) is 9.63. The second-order valence-corrected chi connectivity index (χ2v) is 5.15. The van der Waals surface area contributed by atoms with Crippen LogP contribution in [0.3, 0.4) is 0 Å². The fraction of sp³-hybridized carbons (Fsp3) is 0.412. The number of aromatic nitrogens is 1. The number of hydrogen-bond donors (Lipinski definition) is 1. The summed E-state index contributed by atoms with van der Waals surface area (Å²) in [6.07, 6.45) is 1.02. The fourth-order valence-electron chi connectivity index (χ4n) is 2.25. The Labute approximate surface area is 121 Å². The van der Waals surface area contributed by atoms with Crippen LogP contribution in [-0.2, 0) is 13.6 Å². The minimum atomic E-state index is 0.752. The van der Waals surface area contributed by atoms with Crippen LogP contribution in [0, 0.1) is 13.8 Å². The van der Waals surface area contributed by atoms with Crippen molar-refractivity contribution >= 4 is 5.69 Å². The lowest BCUT2D eigenvalue weighted by molar-refractivity contribution is 0.319. The zero-order valence-electron chi connectivity index (χ0n) is 12.9. The second kappa shape index (κ2) is 6.51. The summed E-state index contributed by atoms with van der Waals surface area (Å²) in [6, 6.07) is 10.4. The Morgan fingerprint density at radius 1 is 1.20 bits per heavy atom. The number of nitrogens with zero attached hydrogens (tertiary/aromatic N) is 1. The maximum atomic E-state index is 5.77. The summed E-state index contributed by atoms with van der Waals surface area (Å²) in [5.41, 5.74) is 4.98. The Kier molecular flexibility index (Phi) is 4.72. The van der Waals surface area contributed by atoms with E-state index in [1.165, 1.54) is 17.0 Å². The quantitative estimate of drug-likeness (QED) is 0.859. The second-order valence-electron chi connectivity index (χ2n) is 5.15. The summed E-state index contributed by atoms with van der Waals surface area (Å²) in [5, 5.41) is 3.48. The molecule has 0 unspecified atom stereocenters. The Morgan fingerprint density at radius 3 is 2.60 bits per heavy atom. The van der Waals surface area contributed by atoms with E-state index in [0.29, 0.717) is 0 Å². The summed E-state index contributed by atoms with van der Waals surface area (Å²) in [7, 11) is 2.10. The average molecular weight is 272 g/mol. The van der Waals surface area contributed by atoms with E-state index in [2.05, 4.69) is 49.8 Å². The largest absolute Gasteiger partial charge is 0.491 e. The van der Waals surface area contributed by atoms with Crippen molar-refractivity contribution in [3.63, 3.8) is 0 Å². The zero-order chi connectivity index (χ0) is 14.5. The molecule has 1 aromatic heterocycles. The van der Waals surface area contributed by atoms with Gasteiger partial charge in [-0.25, -0.2) is 0 Å². The number of rotatable bonds is 6. The third-order valence-corrected chi connectivity index (χ3v) is 3.70. The summed E-state index contributed by atoms with van der Waals surface area (Å²) in [5.74, 6) is 0.930. The number of hydrogen-bond acceptors (Lipinski definition) is 2. The van der Waals surface area contributed by atoms with E-state index in [1.54, 1.807) is 0 Å². The van der Waals surface area contributed by atoms with Gasteiger partial charge < -0.3 is 14.6 Å². The van der Waals surface area contributed by atoms with Gasteiger partial charge in [-0.2, -0.15) is 0 Å². The first-order valence-corrected chi connectivity index (χ1v) is 7.21. The lowest BCUT2D eigenvalue weighted by atomic mass is 10.2. The van der Waals surface area contributed by atoms with Crippen LogP contribution in [0.4, 0.5) is 5.69 Å². The summed E-state index contributed by atoms with van der Waals surface area (Å²) < 4.78 is 7.98. The summed E-state index contributed by atoms with van der Waals surface area (Å²) in [6.45, 7) is 7.98. The van der Waals surface area contributed by atoms with Gasteiger partial charge in [0.15, 0.2) is 0 Å². The monoisotopic (exact) mass is 272 g/mol. The highest BCUT2D eigenvalue weighted by Crippen LogP contribution is 2.25. The molecule has 0 aliphatic rings. The van der Waals surface area contributed by atoms with Crippen LogP contribution in [0.25, 0.3) is 0 Å². The predicted octanol–water partition coefficient (Wildman–Crippen LogP) is 4.04. The molecule has 0 atom stereocenters. The van der Waals surface area contributed by atoms with Crippen molar-refractivity contribution in [2.45, 2.75) is 33.7 Å². The van der Waals surface area contributed by atoms with Crippen LogP contribution in [0.5, 0.6) is 5.75 Å². The molecule has 0 bridgehead atoms. The van der Waals surface area contributed by atoms with Gasteiger partial charge in [0, 0.05) is 25.0 Å². The van der Waals surface area contributed by atoms with Crippen molar-refractivity contribution in [3.05, 3.63) is 47.3 Å². The van der Waals surface area contributed by atoms with Crippen molar-refractivity contribution in [1.29, 1.82) is 0 Å². The smallest absolute Gasteiger partial charge is 0.142 e. The van der Waals surface area contributed by atoms with Crippen molar-refractivity contribution in [1.82, 2.24) is 4.57 Å². The molecule has 0 fully saturated rings. The lowest BCUT2D eigenvalue weighted by Gasteiger charge is -2.12. The number of ether oxygens (including phenoxy) is 1. The highest BCUT2D eigenvalue weighted by Gasteiger charge is 2.07. The standard InChI is InChI=1S/C17H24N2O/c1-5-10-20-17-9-7-6-8-16(17)18-12-15-11-13(2)19(4)14(15)3/h6-9,11,18H,5,10,12H2,1-4H3.